The molecular formula is C25H22FNO6. The number of furan rings is 1. The summed E-state index contributed by atoms with van der Waals surface area (Å²) >= 11 is 0. The fourth-order valence-electron chi connectivity index (χ4n) is 3.93. The van der Waals surface area contributed by atoms with Gasteiger partial charge in [0, 0.05) is 6.54 Å². The molecule has 3 aromatic rings. The molecule has 4 rings (SSSR count). The summed E-state index contributed by atoms with van der Waals surface area (Å²) in [6.45, 7) is 0.190. The lowest BCUT2D eigenvalue weighted by Crippen LogP contribution is -2.33. The van der Waals surface area contributed by atoms with Gasteiger partial charge in [0.15, 0.2) is 23.0 Å². The minimum Gasteiger partial charge on any atom is -0.503 e. The topological polar surface area (TPSA) is 89.2 Å². The maximum atomic E-state index is 13.6. The minimum atomic E-state index is -0.893. The number of rotatable bonds is 8. The predicted octanol–water partition coefficient (Wildman–Crippen LogP) is 4.26. The number of aliphatic hydroxyl groups excluding tert-OH is 1. The van der Waals surface area contributed by atoms with Crippen molar-refractivity contribution in [3.05, 3.63) is 94.9 Å². The van der Waals surface area contributed by atoms with E-state index in [1.165, 1.54) is 48.6 Å². The van der Waals surface area contributed by atoms with Gasteiger partial charge in [0.05, 0.1) is 32.1 Å². The smallest absolute Gasteiger partial charge is 0.290 e. The maximum absolute atomic E-state index is 13.6. The Balaban J connectivity index is 1.67. The fourth-order valence-corrected chi connectivity index (χ4v) is 3.93. The van der Waals surface area contributed by atoms with Crippen LogP contribution in [0.5, 0.6) is 11.5 Å². The van der Waals surface area contributed by atoms with Crippen LogP contribution in [0.2, 0.25) is 0 Å². The Labute approximate surface area is 189 Å². The SMILES string of the molecule is COc1ccc(CCN2C(=O)C(O)=C(C(=O)c3ccco3)C2c2ccc(F)cc2)cc1OC. The number of hydrogen-bond donors (Lipinski definition) is 1. The zero-order valence-corrected chi connectivity index (χ0v) is 18.1. The second-order valence-corrected chi connectivity index (χ2v) is 7.46. The molecule has 0 saturated carbocycles. The molecule has 1 aliphatic rings. The van der Waals surface area contributed by atoms with Gasteiger partial charge in [-0.25, -0.2) is 4.39 Å². The molecule has 2 heterocycles. The van der Waals surface area contributed by atoms with Crippen molar-refractivity contribution < 1.29 is 33.0 Å². The molecule has 0 fully saturated rings. The molecule has 0 radical (unpaired) electrons. The number of nitrogens with zero attached hydrogens (tertiary/aromatic N) is 1. The molecule has 1 N–H and O–H groups in total. The van der Waals surface area contributed by atoms with Crippen LogP contribution in [0.3, 0.4) is 0 Å². The van der Waals surface area contributed by atoms with Crippen molar-refractivity contribution in [2.24, 2.45) is 0 Å². The summed E-state index contributed by atoms with van der Waals surface area (Å²) < 4.78 is 29.3. The van der Waals surface area contributed by atoms with Gasteiger partial charge in [0.25, 0.3) is 5.91 Å². The second-order valence-electron chi connectivity index (χ2n) is 7.46. The summed E-state index contributed by atoms with van der Waals surface area (Å²) in [5.41, 5.74) is 1.26. The number of hydrogen-bond acceptors (Lipinski definition) is 6. The molecule has 0 saturated heterocycles. The highest BCUT2D eigenvalue weighted by Crippen LogP contribution is 2.39. The quantitative estimate of drug-likeness (QED) is 0.515. The number of Topliss-reactive ketones (excluding diaryl/α,β-unsaturated/α-hetero) is 1. The summed E-state index contributed by atoms with van der Waals surface area (Å²) in [6, 6.07) is 13.0. The van der Waals surface area contributed by atoms with Crippen LogP contribution in [-0.2, 0) is 11.2 Å². The minimum absolute atomic E-state index is 0.00166. The van der Waals surface area contributed by atoms with Gasteiger partial charge < -0.3 is 23.9 Å². The zero-order chi connectivity index (χ0) is 23.5. The Morgan fingerprint density at radius 3 is 2.45 bits per heavy atom. The number of carbonyl (C=O) groups excluding carboxylic acids is 2. The van der Waals surface area contributed by atoms with E-state index in [9.17, 15) is 19.1 Å². The number of benzene rings is 2. The lowest BCUT2D eigenvalue weighted by atomic mass is 9.95. The van der Waals surface area contributed by atoms with E-state index in [0.29, 0.717) is 23.5 Å². The molecule has 0 spiro atoms. The molecule has 33 heavy (non-hydrogen) atoms. The molecule has 2 aromatic carbocycles. The van der Waals surface area contributed by atoms with Crippen molar-refractivity contribution in [3.63, 3.8) is 0 Å². The van der Waals surface area contributed by atoms with Crippen LogP contribution in [0.4, 0.5) is 4.39 Å². The van der Waals surface area contributed by atoms with Crippen LogP contribution in [0.15, 0.2) is 76.6 Å². The summed E-state index contributed by atoms with van der Waals surface area (Å²) in [5, 5.41) is 10.6. The van der Waals surface area contributed by atoms with Gasteiger partial charge >= 0.3 is 0 Å². The summed E-state index contributed by atoms with van der Waals surface area (Å²) in [5.74, 6) is -1.25. The van der Waals surface area contributed by atoms with E-state index < -0.39 is 29.3 Å². The molecule has 1 aromatic heterocycles. The first-order valence-corrected chi connectivity index (χ1v) is 10.2. The summed E-state index contributed by atoms with van der Waals surface area (Å²) in [6.07, 6.45) is 1.75. The molecule has 1 amide bonds. The highest BCUT2D eigenvalue weighted by Gasteiger charge is 2.44. The standard InChI is InChI=1S/C25H22FNO6/c1-31-18-10-5-15(14-20(18)32-2)11-12-27-22(16-6-8-17(26)9-7-16)21(24(29)25(27)30)23(28)19-4-3-13-33-19/h3-10,13-14,22,29H,11-12H2,1-2H3. The first-order valence-electron chi connectivity index (χ1n) is 10.2. The van der Waals surface area contributed by atoms with E-state index in [-0.39, 0.29) is 17.9 Å². The first-order chi connectivity index (χ1) is 15.9. The Bertz CT molecular complexity index is 1200. The predicted molar refractivity (Wildman–Crippen MR) is 117 cm³/mol. The van der Waals surface area contributed by atoms with Crippen molar-refractivity contribution in [1.82, 2.24) is 4.90 Å². The molecule has 1 unspecified atom stereocenters. The van der Waals surface area contributed by atoms with E-state index in [4.69, 9.17) is 13.9 Å². The van der Waals surface area contributed by atoms with Crippen LogP contribution < -0.4 is 9.47 Å². The van der Waals surface area contributed by atoms with Crippen molar-refractivity contribution in [2.75, 3.05) is 20.8 Å². The Hall–Kier alpha value is -4.07. The average Bonchev–Trinajstić information content (AvgIpc) is 3.45. The molecule has 0 aliphatic carbocycles. The van der Waals surface area contributed by atoms with Gasteiger partial charge in [-0.2, -0.15) is 0 Å². The second kappa shape index (κ2) is 9.20. The number of ketones is 1. The zero-order valence-electron chi connectivity index (χ0n) is 18.1. The molecule has 8 heteroatoms. The summed E-state index contributed by atoms with van der Waals surface area (Å²) in [4.78, 5) is 27.5. The highest BCUT2D eigenvalue weighted by molar-refractivity contribution is 6.15. The Kier molecular flexibility index (Phi) is 6.17. The normalized spacial score (nSPS) is 15.8. The van der Waals surface area contributed by atoms with Crippen LogP contribution in [0, 0.1) is 5.82 Å². The van der Waals surface area contributed by atoms with Gasteiger partial charge in [-0.05, 0) is 53.9 Å². The maximum Gasteiger partial charge on any atom is 0.290 e. The van der Waals surface area contributed by atoms with Crippen molar-refractivity contribution in [2.45, 2.75) is 12.5 Å². The number of ether oxygens (including phenoxy) is 2. The largest absolute Gasteiger partial charge is 0.503 e. The van der Waals surface area contributed by atoms with E-state index in [1.54, 1.807) is 25.3 Å². The third-order valence-corrected chi connectivity index (χ3v) is 5.57. The molecule has 0 bridgehead atoms. The number of halogens is 1. The number of amides is 1. The highest BCUT2D eigenvalue weighted by atomic mass is 19.1. The molecule has 1 atom stereocenters. The third-order valence-electron chi connectivity index (χ3n) is 5.57. The van der Waals surface area contributed by atoms with Crippen LogP contribution >= 0.6 is 0 Å². The summed E-state index contributed by atoms with van der Waals surface area (Å²) in [7, 11) is 3.07. The number of carbonyl (C=O) groups is 2. The Morgan fingerprint density at radius 1 is 1.09 bits per heavy atom. The van der Waals surface area contributed by atoms with Gasteiger partial charge in [0.2, 0.25) is 5.78 Å². The van der Waals surface area contributed by atoms with Gasteiger partial charge in [-0.15, -0.1) is 0 Å². The van der Waals surface area contributed by atoms with Crippen LogP contribution in [0.25, 0.3) is 0 Å². The van der Waals surface area contributed by atoms with E-state index in [0.717, 1.165) is 5.56 Å². The lowest BCUT2D eigenvalue weighted by molar-refractivity contribution is -0.129. The van der Waals surface area contributed by atoms with Crippen molar-refractivity contribution in [3.8, 4) is 11.5 Å². The number of methoxy groups -OCH3 is 2. The molecule has 170 valence electrons. The molecule has 7 nitrogen and oxygen atoms in total. The van der Waals surface area contributed by atoms with E-state index in [2.05, 4.69) is 0 Å². The van der Waals surface area contributed by atoms with Gasteiger partial charge in [-0.3, -0.25) is 9.59 Å². The molecular weight excluding hydrogens is 429 g/mol. The van der Waals surface area contributed by atoms with E-state index in [1.807, 2.05) is 6.07 Å². The molecule has 1 aliphatic heterocycles. The van der Waals surface area contributed by atoms with E-state index >= 15 is 0 Å². The van der Waals surface area contributed by atoms with Gasteiger partial charge in [0.1, 0.15) is 5.82 Å². The first kappa shape index (κ1) is 22.1. The van der Waals surface area contributed by atoms with Gasteiger partial charge in [-0.1, -0.05) is 18.2 Å². The Morgan fingerprint density at radius 2 is 1.82 bits per heavy atom. The van der Waals surface area contributed by atoms with Crippen molar-refractivity contribution in [1.29, 1.82) is 0 Å². The monoisotopic (exact) mass is 451 g/mol. The van der Waals surface area contributed by atoms with Crippen LogP contribution in [-0.4, -0.2) is 42.5 Å². The lowest BCUT2D eigenvalue weighted by Gasteiger charge is -2.27. The van der Waals surface area contributed by atoms with Crippen LogP contribution in [0.1, 0.15) is 27.7 Å². The van der Waals surface area contributed by atoms with Crippen molar-refractivity contribution >= 4 is 11.7 Å². The number of aliphatic hydroxyl groups is 1. The fraction of sp³-hybridized carbons (Fsp3) is 0.200. The third kappa shape index (κ3) is 4.19. The average molecular weight is 451 g/mol.